The maximum absolute atomic E-state index is 10.2. The van der Waals surface area contributed by atoms with Crippen molar-refractivity contribution in [2.75, 3.05) is 6.54 Å². The van der Waals surface area contributed by atoms with Crippen molar-refractivity contribution in [1.29, 1.82) is 0 Å². The molecule has 0 bridgehead atoms. The average molecular weight is 356 g/mol. The van der Waals surface area contributed by atoms with E-state index in [4.69, 9.17) is 16.4 Å². The van der Waals surface area contributed by atoms with Crippen molar-refractivity contribution in [2.24, 2.45) is 0 Å². The average Bonchev–Trinajstić information content (AvgIpc) is 3.35. The van der Waals surface area contributed by atoms with Crippen molar-refractivity contribution in [3.8, 4) is 0 Å². The monoisotopic (exact) mass is 355 g/mol. The summed E-state index contributed by atoms with van der Waals surface area (Å²) in [6, 6.07) is 18.3. The molecule has 0 aromatic heterocycles. The van der Waals surface area contributed by atoms with E-state index in [1.165, 1.54) is 16.7 Å². The molecule has 25 heavy (non-hydrogen) atoms. The van der Waals surface area contributed by atoms with Crippen LogP contribution in [0.25, 0.3) is 5.57 Å². The summed E-state index contributed by atoms with van der Waals surface area (Å²) < 4.78 is 0. The van der Waals surface area contributed by atoms with Gasteiger partial charge in [-0.25, -0.2) is 0 Å². The second kappa shape index (κ2) is 6.58. The van der Waals surface area contributed by atoms with Gasteiger partial charge >= 0.3 is 0 Å². The van der Waals surface area contributed by atoms with Crippen LogP contribution in [0.4, 0.5) is 0 Å². The van der Waals surface area contributed by atoms with Gasteiger partial charge in [0.25, 0.3) is 0 Å². The van der Waals surface area contributed by atoms with E-state index in [1.54, 1.807) is 0 Å². The number of nitrogens with zero attached hydrogens (tertiary/aromatic N) is 1. The molecule has 0 saturated carbocycles. The van der Waals surface area contributed by atoms with Crippen LogP contribution >= 0.6 is 11.6 Å². The number of aliphatic hydroxyl groups is 1. The second-order valence-corrected chi connectivity index (χ2v) is 7.33. The fourth-order valence-electron chi connectivity index (χ4n) is 3.78. The van der Waals surface area contributed by atoms with Crippen molar-refractivity contribution < 1.29 is 9.94 Å². The summed E-state index contributed by atoms with van der Waals surface area (Å²) in [5.74, 6) is 0. The topological polar surface area (TPSA) is 35.8 Å². The van der Waals surface area contributed by atoms with Crippen LogP contribution in [-0.2, 0) is 11.3 Å². The maximum atomic E-state index is 10.2. The van der Waals surface area contributed by atoms with Crippen molar-refractivity contribution in [3.05, 3.63) is 76.3 Å². The van der Waals surface area contributed by atoms with E-state index in [0.29, 0.717) is 6.42 Å². The number of hydrogen-bond acceptors (Lipinski definition) is 3. The van der Waals surface area contributed by atoms with Crippen molar-refractivity contribution in [1.82, 2.24) is 5.06 Å². The van der Waals surface area contributed by atoms with Crippen LogP contribution in [0.3, 0.4) is 0 Å². The highest BCUT2D eigenvalue weighted by atomic mass is 35.5. The van der Waals surface area contributed by atoms with E-state index >= 15 is 0 Å². The van der Waals surface area contributed by atoms with Crippen molar-refractivity contribution in [3.63, 3.8) is 0 Å². The molecule has 0 radical (unpaired) electrons. The summed E-state index contributed by atoms with van der Waals surface area (Å²) >= 11 is 6.05. The lowest BCUT2D eigenvalue weighted by Crippen LogP contribution is -2.35. The number of allylic oxidation sites excluding steroid dienone is 1. The molecule has 1 N–H and O–H groups in total. The van der Waals surface area contributed by atoms with Gasteiger partial charge in [-0.3, -0.25) is 4.84 Å². The number of hydroxylamine groups is 2. The van der Waals surface area contributed by atoms with Crippen LogP contribution in [0.5, 0.6) is 0 Å². The third-order valence-electron chi connectivity index (χ3n) is 5.23. The van der Waals surface area contributed by atoms with Gasteiger partial charge < -0.3 is 5.11 Å². The zero-order valence-corrected chi connectivity index (χ0v) is 15.0. The first kappa shape index (κ1) is 16.8. The van der Waals surface area contributed by atoms with E-state index in [9.17, 15) is 5.11 Å². The fraction of sp³-hybridized carbons (Fsp3) is 0.333. The first-order valence-electron chi connectivity index (χ1n) is 8.73. The van der Waals surface area contributed by atoms with Crippen LogP contribution < -0.4 is 0 Å². The standard InChI is InChI=1S/C21H22ClNO2/c1-15(17-7-9-18(22)10-8-17)20(13-16-5-3-2-4-6-16)21-14-19(24)11-12-23(21)25-21/h2-10,19,24H,11-14H2,1H3/b20-15+. The fourth-order valence-corrected chi connectivity index (χ4v) is 3.91. The highest BCUT2D eigenvalue weighted by Gasteiger charge is 2.60. The van der Waals surface area contributed by atoms with Gasteiger partial charge in [0.2, 0.25) is 0 Å². The summed E-state index contributed by atoms with van der Waals surface area (Å²) in [6.07, 6.45) is 1.88. The van der Waals surface area contributed by atoms with Gasteiger partial charge in [0.05, 0.1) is 6.10 Å². The molecule has 4 heteroatoms. The lowest BCUT2D eigenvalue weighted by Gasteiger charge is -2.26. The summed E-state index contributed by atoms with van der Waals surface area (Å²) in [5.41, 5.74) is 4.34. The van der Waals surface area contributed by atoms with Crippen molar-refractivity contribution >= 4 is 17.2 Å². The van der Waals surface area contributed by atoms with Crippen LogP contribution in [0, 0.1) is 0 Å². The van der Waals surface area contributed by atoms with E-state index < -0.39 is 5.72 Å². The largest absolute Gasteiger partial charge is 0.393 e. The summed E-state index contributed by atoms with van der Waals surface area (Å²) in [7, 11) is 0. The molecule has 130 valence electrons. The van der Waals surface area contributed by atoms with Gasteiger partial charge in [-0.05, 0) is 54.2 Å². The molecule has 4 rings (SSSR count). The maximum Gasteiger partial charge on any atom is 0.189 e. The zero-order chi connectivity index (χ0) is 17.4. The predicted molar refractivity (Wildman–Crippen MR) is 100.0 cm³/mol. The quantitative estimate of drug-likeness (QED) is 0.823. The molecule has 2 aromatic rings. The predicted octanol–water partition coefficient (Wildman–Crippen LogP) is 4.45. The Balaban J connectivity index is 1.76. The summed E-state index contributed by atoms with van der Waals surface area (Å²) in [6.45, 7) is 2.91. The third-order valence-corrected chi connectivity index (χ3v) is 5.49. The van der Waals surface area contributed by atoms with Gasteiger partial charge in [-0.15, -0.1) is 5.06 Å². The number of fused-ring (bicyclic) bond motifs is 1. The molecule has 0 aliphatic carbocycles. The Morgan fingerprint density at radius 2 is 1.92 bits per heavy atom. The van der Waals surface area contributed by atoms with E-state index in [0.717, 1.165) is 30.0 Å². The normalized spacial score (nSPS) is 28.9. The molecule has 3 nitrogen and oxygen atoms in total. The molecule has 2 aromatic carbocycles. The highest BCUT2D eigenvalue weighted by Crippen LogP contribution is 2.51. The van der Waals surface area contributed by atoms with Crippen LogP contribution in [0.2, 0.25) is 5.02 Å². The molecule has 0 amide bonds. The van der Waals surface area contributed by atoms with Crippen LogP contribution in [0.15, 0.2) is 60.2 Å². The van der Waals surface area contributed by atoms with Gasteiger partial charge in [0, 0.05) is 18.0 Å². The molecule has 2 fully saturated rings. The zero-order valence-electron chi connectivity index (χ0n) is 14.3. The lowest BCUT2D eigenvalue weighted by atomic mass is 9.85. The Labute approximate surface area is 153 Å². The minimum Gasteiger partial charge on any atom is -0.393 e. The molecular weight excluding hydrogens is 334 g/mol. The Kier molecular flexibility index (Phi) is 4.42. The first-order chi connectivity index (χ1) is 12.1. The molecule has 2 aliphatic rings. The minimum absolute atomic E-state index is 0.317. The Morgan fingerprint density at radius 1 is 1.20 bits per heavy atom. The van der Waals surface area contributed by atoms with Gasteiger partial charge in [-0.2, -0.15) is 0 Å². The second-order valence-electron chi connectivity index (χ2n) is 6.90. The molecule has 3 atom stereocenters. The minimum atomic E-state index is -0.461. The van der Waals surface area contributed by atoms with E-state index in [2.05, 4.69) is 31.2 Å². The number of halogens is 1. The van der Waals surface area contributed by atoms with E-state index in [1.807, 2.05) is 35.4 Å². The number of rotatable bonds is 4. The summed E-state index contributed by atoms with van der Waals surface area (Å²) in [4.78, 5) is 6.03. The first-order valence-corrected chi connectivity index (χ1v) is 9.11. The smallest absolute Gasteiger partial charge is 0.189 e. The SMILES string of the molecule is C/C(=C(/Cc1ccccc1)C12CC(O)CCN1O2)c1ccc(Cl)cc1. The molecular formula is C21H22ClNO2. The summed E-state index contributed by atoms with van der Waals surface area (Å²) in [5, 5.41) is 13.0. The third kappa shape index (κ3) is 3.25. The number of piperidine rings is 1. The molecule has 2 aliphatic heterocycles. The Bertz CT molecular complexity index is 787. The molecule has 3 unspecified atom stereocenters. The van der Waals surface area contributed by atoms with Crippen LogP contribution in [-0.4, -0.2) is 28.5 Å². The number of benzene rings is 2. The highest BCUT2D eigenvalue weighted by molar-refractivity contribution is 6.30. The molecule has 2 saturated heterocycles. The van der Waals surface area contributed by atoms with Gasteiger partial charge in [-0.1, -0.05) is 54.1 Å². The van der Waals surface area contributed by atoms with Crippen molar-refractivity contribution in [2.45, 2.75) is 38.0 Å². The number of hydrogen-bond donors (Lipinski definition) is 1. The Hall–Kier alpha value is -1.65. The van der Waals surface area contributed by atoms with Crippen LogP contribution in [0.1, 0.15) is 30.9 Å². The number of aliphatic hydroxyl groups excluding tert-OH is 1. The van der Waals surface area contributed by atoms with Gasteiger partial charge in [0.1, 0.15) is 0 Å². The lowest BCUT2D eigenvalue weighted by molar-refractivity contribution is 0.105. The Morgan fingerprint density at radius 3 is 2.64 bits per heavy atom. The van der Waals surface area contributed by atoms with Gasteiger partial charge in [0.15, 0.2) is 5.72 Å². The van der Waals surface area contributed by atoms with E-state index in [-0.39, 0.29) is 6.10 Å². The molecule has 0 spiro atoms. The molecule has 2 heterocycles.